The number of hydrogen-bond acceptors (Lipinski definition) is 4. The lowest BCUT2D eigenvalue weighted by atomic mass is 9.78. The van der Waals surface area contributed by atoms with Crippen molar-refractivity contribution in [3.05, 3.63) is 87.5 Å². The Labute approximate surface area is 184 Å². The summed E-state index contributed by atoms with van der Waals surface area (Å²) in [6, 6.07) is 14.1. The van der Waals surface area contributed by atoms with E-state index in [0.29, 0.717) is 27.9 Å². The van der Waals surface area contributed by atoms with Crippen molar-refractivity contribution in [3.63, 3.8) is 0 Å². The van der Waals surface area contributed by atoms with Gasteiger partial charge in [-0.15, -0.1) is 0 Å². The van der Waals surface area contributed by atoms with E-state index in [1.807, 2.05) is 30.3 Å². The molecule has 4 rings (SSSR count). The number of ketones is 1. The van der Waals surface area contributed by atoms with E-state index < -0.39 is 17.9 Å². The molecule has 0 radical (unpaired) electrons. The number of benzene rings is 2. The first-order chi connectivity index (χ1) is 14.8. The summed E-state index contributed by atoms with van der Waals surface area (Å²) in [6.07, 6.45) is 4.34. The fourth-order valence-corrected chi connectivity index (χ4v) is 4.25. The lowest BCUT2D eigenvalue weighted by Crippen LogP contribution is -2.40. The minimum Gasteiger partial charge on any atom is -0.507 e. The molecule has 3 N–H and O–H groups in total. The second-order valence-electron chi connectivity index (χ2n) is 7.80. The van der Waals surface area contributed by atoms with Crippen LogP contribution in [0.5, 0.6) is 0 Å². The predicted molar refractivity (Wildman–Crippen MR) is 121 cm³/mol. The number of carbonyl (C=O) groups is 2. The molecule has 0 saturated carbocycles. The third-order valence-corrected chi connectivity index (χ3v) is 5.89. The molecule has 2 aliphatic carbocycles. The minimum absolute atomic E-state index is 0.0159. The van der Waals surface area contributed by atoms with Crippen molar-refractivity contribution in [2.75, 3.05) is 5.32 Å². The van der Waals surface area contributed by atoms with Crippen molar-refractivity contribution in [2.45, 2.75) is 19.4 Å². The van der Waals surface area contributed by atoms with Gasteiger partial charge < -0.3 is 15.5 Å². The molecule has 158 valence electrons. The lowest BCUT2D eigenvalue weighted by molar-refractivity contribution is -0.117. The van der Waals surface area contributed by atoms with Crippen LogP contribution in [-0.4, -0.2) is 28.0 Å². The van der Waals surface area contributed by atoms with Gasteiger partial charge in [0.25, 0.3) is 5.91 Å². The van der Waals surface area contributed by atoms with Crippen LogP contribution in [0, 0.1) is 11.8 Å². The molecule has 0 aliphatic heterocycles. The van der Waals surface area contributed by atoms with Crippen LogP contribution < -0.4 is 15.8 Å². The van der Waals surface area contributed by atoms with E-state index in [1.54, 1.807) is 31.2 Å². The zero-order valence-corrected chi connectivity index (χ0v) is 17.6. The number of nitrogens with one attached hydrogen (secondary N) is 1. The number of anilines is 1. The maximum absolute atomic E-state index is 13.5. The smallest absolute Gasteiger partial charge is 0.259 e. The van der Waals surface area contributed by atoms with Crippen LogP contribution in [0.2, 0.25) is 5.02 Å². The standard InChI is InChI=1S/C25H22ClNO4/c1-14-11-22(29)20(25(31)27-17-7-4-6-16(26)12-17)13-19(14)24(30)23-18-8-3-2-5-15(18)9-10-21(23)28/h2-9,11-14,19,21,28-29H,10H2,1H3,(H,27,31). The predicted octanol–water partition coefficient (Wildman–Crippen LogP) is 2.88. The first kappa shape index (κ1) is 21.1. The van der Waals surface area contributed by atoms with Gasteiger partial charge in [0.1, 0.15) is 5.76 Å². The summed E-state index contributed by atoms with van der Waals surface area (Å²) in [5.74, 6) is -2.00. The summed E-state index contributed by atoms with van der Waals surface area (Å²) in [7, 11) is 0. The number of Topliss-reactive ketones (excluding diaryl/α,β-unsaturated/α-hetero) is 1. The van der Waals surface area contributed by atoms with Gasteiger partial charge in [0.05, 0.1) is 11.7 Å². The Morgan fingerprint density at radius 3 is 2.65 bits per heavy atom. The molecule has 0 bridgehead atoms. The summed E-state index contributed by atoms with van der Waals surface area (Å²) >= 11 is 5.97. The molecule has 2 aliphatic rings. The van der Waals surface area contributed by atoms with Gasteiger partial charge >= 0.3 is 0 Å². The Kier molecular flexibility index (Phi) is 5.81. The van der Waals surface area contributed by atoms with Crippen LogP contribution in [0.3, 0.4) is 0 Å². The topological polar surface area (TPSA) is 86.6 Å². The van der Waals surface area contributed by atoms with Crippen molar-refractivity contribution >= 4 is 40.6 Å². The van der Waals surface area contributed by atoms with Gasteiger partial charge in [-0.1, -0.05) is 61.0 Å². The molecule has 2 aromatic carbocycles. The number of fused-ring (bicyclic) bond motifs is 1. The number of aliphatic hydroxyl groups is 2. The number of rotatable bonds is 4. The Bertz CT molecular complexity index is 1240. The molecule has 0 aromatic heterocycles. The SMILES string of the molecule is CC1C=C(O)C(C(=O)Nc2cccc(Cl)c2)=CC1C(=O)C1=c2ccccc2=CCC1O. The number of allylic oxidation sites excluding steroid dienone is 2. The number of carbonyl (C=O) groups excluding carboxylic acids is 2. The fourth-order valence-electron chi connectivity index (χ4n) is 4.06. The van der Waals surface area contributed by atoms with Gasteiger partial charge in [0.15, 0.2) is 5.78 Å². The van der Waals surface area contributed by atoms with Gasteiger partial charge in [-0.2, -0.15) is 0 Å². The Morgan fingerprint density at radius 2 is 1.87 bits per heavy atom. The first-order valence-electron chi connectivity index (χ1n) is 10.1. The van der Waals surface area contributed by atoms with E-state index in [0.717, 1.165) is 5.22 Å². The summed E-state index contributed by atoms with van der Waals surface area (Å²) in [4.78, 5) is 26.3. The number of hydrogen-bond donors (Lipinski definition) is 3. The Morgan fingerprint density at radius 1 is 1.10 bits per heavy atom. The van der Waals surface area contributed by atoms with E-state index in [9.17, 15) is 19.8 Å². The van der Waals surface area contributed by atoms with Crippen molar-refractivity contribution in [3.8, 4) is 0 Å². The van der Waals surface area contributed by atoms with E-state index >= 15 is 0 Å². The molecule has 5 nitrogen and oxygen atoms in total. The van der Waals surface area contributed by atoms with E-state index in [4.69, 9.17) is 11.6 Å². The lowest BCUT2D eigenvalue weighted by Gasteiger charge is -2.26. The van der Waals surface area contributed by atoms with Gasteiger partial charge in [-0.3, -0.25) is 9.59 Å². The Hall–Kier alpha value is -3.15. The second-order valence-corrected chi connectivity index (χ2v) is 8.24. The fraction of sp³-hybridized carbons (Fsp3) is 0.200. The van der Waals surface area contributed by atoms with E-state index in [2.05, 4.69) is 5.32 Å². The number of amides is 1. The highest BCUT2D eigenvalue weighted by atomic mass is 35.5. The molecule has 0 spiro atoms. The highest BCUT2D eigenvalue weighted by Gasteiger charge is 2.34. The molecule has 3 unspecified atom stereocenters. The third-order valence-electron chi connectivity index (χ3n) is 5.65. The maximum Gasteiger partial charge on any atom is 0.259 e. The van der Waals surface area contributed by atoms with Crippen LogP contribution in [0.1, 0.15) is 13.3 Å². The van der Waals surface area contributed by atoms with Gasteiger partial charge in [0, 0.05) is 22.2 Å². The molecule has 0 saturated heterocycles. The van der Waals surface area contributed by atoms with E-state index in [1.165, 1.54) is 12.2 Å². The molecular weight excluding hydrogens is 414 g/mol. The highest BCUT2D eigenvalue weighted by Crippen LogP contribution is 2.31. The zero-order chi connectivity index (χ0) is 22.1. The molecule has 2 aromatic rings. The zero-order valence-electron chi connectivity index (χ0n) is 16.9. The first-order valence-corrected chi connectivity index (χ1v) is 10.4. The molecular formula is C25H22ClNO4. The molecule has 1 amide bonds. The molecule has 31 heavy (non-hydrogen) atoms. The minimum atomic E-state index is -0.911. The van der Waals surface area contributed by atoms with Crippen molar-refractivity contribution in [1.29, 1.82) is 0 Å². The largest absolute Gasteiger partial charge is 0.507 e. The van der Waals surface area contributed by atoms with Crippen LogP contribution in [0.25, 0.3) is 11.6 Å². The Balaban J connectivity index is 1.70. The highest BCUT2D eigenvalue weighted by molar-refractivity contribution is 6.31. The average Bonchev–Trinajstić information content (AvgIpc) is 2.73. The van der Waals surface area contributed by atoms with Crippen LogP contribution in [-0.2, 0) is 9.59 Å². The summed E-state index contributed by atoms with van der Waals surface area (Å²) < 4.78 is 0. The third kappa shape index (κ3) is 4.20. The van der Waals surface area contributed by atoms with Crippen LogP contribution >= 0.6 is 11.6 Å². The molecule has 6 heteroatoms. The number of halogens is 1. The monoisotopic (exact) mass is 435 g/mol. The molecule has 3 atom stereocenters. The van der Waals surface area contributed by atoms with Crippen molar-refractivity contribution in [2.24, 2.45) is 11.8 Å². The van der Waals surface area contributed by atoms with Gasteiger partial charge in [0.2, 0.25) is 0 Å². The van der Waals surface area contributed by atoms with Crippen LogP contribution in [0.15, 0.2) is 72.0 Å². The van der Waals surface area contributed by atoms with Gasteiger partial charge in [-0.25, -0.2) is 0 Å². The van der Waals surface area contributed by atoms with Crippen molar-refractivity contribution in [1.82, 2.24) is 0 Å². The second kappa shape index (κ2) is 8.53. The maximum atomic E-state index is 13.5. The average molecular weight is 436 g/mol. The quantitative estimate of drug-likeness (QED) is 0.689. The van der Waals surface area contributed by atoms with Crippen molar-refractivity contribution < 1.29 is 19.8 Å². The van der Waals surface area contributed by atoms with Crippen LogP contribution in [0.4, 0.5) is 5.69 Å². The number of aliphatic hydroxyl groups excluding tert-OH is 2. The van der Waals surface area contributed by atoms with Gasteiger partial charge in [-0.05, 0) is 47.1 Å². The summed E-state index contributed by atoms with van der Waals surface area (Å²) in [6.45, 7) is 1.80. The normalized spacial score (nSPS) is 22.5. The molecule has 0 heterocycles. The molecule has 0 fully saturated rings. The van der Waals surface area contributed by atoms with E-state index in [-0.39, 0.29) is 23.0 Å². The summed E-state index contributed by atoms with van der Waals surface area (Å²) in [5, 5.41) is 25.8. The summed E-state index contributed by atoms with van der Waals surface area (Å²) in [5.41, 5.74) is 0.840.